The molecule has 0 unspecified atom stereocenters. The van der Waals surface area contributed by atoms with Crippen LogP contribution >= 0.6 is 0 Å². The van der Waals surface area contributed by atoms with Gasteiger partial charge in [0.15, 0.2) is 0 Å². The molecule has 4 rings (SSSR count). The van der Waals surface area contributed by atoms with Gasteiger partial charge < -0.3 is 10.3 Å². The van der Waals surface area contributed by atoms with E-state index in [0.717, 1.165) is 40.8 Å². The van der Waals surface area contributed by atoms with Crippen LogP contribution in [0.4, 0.5) is 13.2 Å². The van der Waals surface area contributed by atoms with Gasteiger partial charge in [0.05, 0.1) is 29.2 Å². The van der Waals surface area contributed by atoms with Crippen molar-refractivity contribution in [2.45, 2.75) is 19.1 Å². The predicted molar refractivity (Wildman–Crippen MR) is 121 cm³/mol. The summed E-state index contributed by atoms with van der Waals surface area (Å²) in [6, 6.07) is 20.8. The number of hydrogen-bond donors (Lipinski definition) is 1. The fraction of sp³-hybridized carbons (Fsp3) is 0.154. The maximum atomic E-state index is 12.8. The monoisotopic (exact) mass is 446 g/mol. The van der Waals surface area contributed by atoms with E-state index in [4.69, 9.17) is 5.73 Å². The highest BCUT2D eigenvalue weighted by Crippen LogP contribution is 2.31. The minimum atomic E-state index is -4.37. The Morgan fingerprint density at radius 3 is 2.27 bits per heavy atom. The average Bonchev–Trinajstić information content (AvgIpc) is 3.28. The molecule has 0 fully saturated rings. The van der Waals surface area contributed by atoms with Crippen molar-refractivity contribution in [2.24, 2.45) is 5.73 Å². The number of nitrogens with zero attached hydrogens (tertiary/aromatic N) is 3. The maximum Gasteiger partial charge on any atom is 0.416 e. The molecule has 166 valence electrons. The topological polar surface area (TPSA) is 67.6 Å². The Morgan fingerprint density at radius 2 is 1.64 bits per heavy atom. The van der Waals surface area contributed by atoms with Gasteiger partial charge in [-0.15, -0.1) is 0 Å². The summed E-state index contributed by atoms with van der Waals surface area (Å²) in [6.07, 6.45) is -0.138. The van der Waals surface area contributed by atoms with E-state index in [1.165, 1.54) is 12.1 Å². The summed E-state index contributed by atoms with van der Waals surface area (Å²) in [5.41, 5.74) is 10.8. The lowest BCUT2D eigenvalue weighted by molar-refractivity contribution is -0.137. The molecule has 0 bridgehead atoms. The molecule has 0 saturated carbocycles. The average molecular weight is 446 g/mol. The van der Waals surface area contributed by atoms with Crippen LogP contribution in [0.1, 0.15) is 22.3 Å². The van der Waals surface area contributed by atoms with E-state index in [9.17, 15) is 18.4 Å². The molecule has 0 aliphatic rings. The van der Waals surface area contributed by atoms with Crippen molar-refractivity contribution >= 4 is 0 Å². The molecule has 0 radical (unpaired) electrons. The van der Waals surface area contributed by atoms with Crippen molar-refractivity contribution in [3.63, 3.8) is 0 Å². The van der Waals surface area contributed by atoms with Gasteiger partial charge in [-0.2, -0.15) is 18.4 Å². The van der Waals surface area contributed by atoms with E-state index in [-0.39, 0.29) is 0 Å². The SMILES string of the molecule is N#Cc1ccc(-c2ccc(CCN)cc2)c(Cn2cnc(-c3ccc(C(F)(F)F)cc3)c2)c1. The zero-order valence-corrected chi connectivity index (χ0v) is 17.7. The zero-order chi connectivity index (χ0) is 23.4. The molecule has 2 N–H and O–H groups in total. The number of hydrogen-bond acceptors (Lipinski definition) is 3. The molecule has 3 aromatic carbocycles. The zero-order valence-electron chi connectivity index (χ0n) is 17.7. The minimum absolute atomic E-state index is 0.461. The Hall–Kier alpha value is -3.89. The van der Waals surface area contributed by atoms with Gasteiger partial charge >= 0.3 is 6.18 Å². The van der Waals surface area contributed by atoms with Crippen LogP contribution in [0, 0.1) is 11.3 Å². The van der Waals surface area contributed by atoms with Gasteiger partial charge in [0, 0.05) is 18.3 Å². The quantitative estimate of drug-likeness (QED) is 0.416. The van der Waals surface area contributed by atoms with E-state index < -0.39 is 11.7 Å². The second kappa shape index (κ2) is 9.31. The molecule has 0 atom stereocenters. The number of alkyl halides is 3. The van der Waals surface area contributed by atoms with Crippen LogP contribution in [0.15, 0.2) is 79.3 Å². The molecule has 33 heavy (non-hydrogen) atoms. The highest BCUT2D eigenvalue weighted by atomic mass is 19.4. The molecule has 4 aromatic rings. The third-order valence-electron chi connectivity index (χ3n) is 5.43. The summed E-state index contributed by atoms with van der Waals surface area (Å²) >= 11 is 0. The normalized spacial score (nSPS) is 11.4. The molecule has 1 heterocycles. The summed E-state index contributed by atoms with van der Waals surface area (Å²) in [7, 11) is 0. The first-order valence-electron chi connectivity index (χ1n) is 10.4. The van der Waals surface area contributed by atoms with Crippen molar-refractivity contribution in [1.29, 1.82) is 5.26 Å². The smallest absolute Gasteiger partial charge is 0.332 e. The summed E-state index contributed by atoms with van der Waals surface area (Å²) in [4.78, 5) is 4.36. The third kappa shape index (κ3) is 5.13. The number of benzene rings is 3. The van der Waals surface area contributed by atoms with Crippen LogP contribution in [0.5, 0.6) is 0 Å². The number of imidazole rings is 1. The van der Waals surface area contributed by atoms with Crippen LogP contribution in [-0.2, 0) is 19.1 Å². The Balaban J connectivity index is 1.61. The number of nitriles is 1. The number of aromatic nitrogens is 2. The highest BCUT2D eigenvalue weighted by Gasteiger charge is 2.30. The molecule has 0 aliphatic carbocycles. The summed E-state index contributed by atoms with van der Waals surface area (Å²) < 4.78 is 40.3. The van der Waals surface area contributed by atoms with E-state index in [1.54, 1.807) is 18.6 Å². The summed E-state index contributed by atoms with van der Waals surface area (Å²) in [5, 5.41) is 9.36. The van der Waals surface area contributed by atoms with Gasteiger partial charge in [-0.25, -0.2) is 4.98 Å². The first-order chi connectivity index (χ1) is 15.9. The Kier molecular flexibility index (Phi) is 6.29. The maximum absolute atomic E-state index is 12.8. The minimum Gasteiger partial charge on any atom is -0.332 e. The number of rotatable bonds is 6. The lowest BCUT2D eigenvalue weighted by Crippen LogP contribution is -2.04. The molecule has 4 nitrogen and oxygen atoms in total. The lowest BCUT2D eigenvalue weighted by Gasteiger charge is -2.12. The van der Waals surface area contributed by atoms with Gasteiger partial charge in [-0.1, -0.05) is 42.5 Å². The fourth-order valence-corrected chi connectivity index (χ4v) is 3.72. The van der Waals surface area contributed by atoms with Gasteiger partial charge in [0.2, 0.25) is 0 Å². The van der Waals surface area contributed by atoms with E-state index in [1.807, 2.05) is 41.0 Å². The van der Waals surface area contributed by atoms with Gasteiger partial charge in [0.1, 0.15) is 0 Å². The van der Waals surface area contributed by atoms with E-state index in [0.29, 0.717) is 29.9 Å². The molecule has 1 aromatic heterocycles. The Labute approximate surface area is 189 Å². The molecular weight excluding hydrogens is 425 g/mol. The molecular formula is C26H21F3N4. The summed E-state index contributed by atoms with van der Waals surface area (Å²) in [5.74, 6) is 0. The summed E-state index contributed by atoms with van der Waals surface area (Å²) in [6.45, 7) is 1.05. The molecule has 0 saturated heterocycles. The van der Waals surface area contributed by atoms with Crippen molar-refractivity contribution in [3.8, 4) is 28.5 Å². The van der Waals surface area contributed by atoms with Gasteiger partial charge in [-0.05, 0) is 59.5 Å². The first kappa shape index (κ1) is 22.3. The van der Waals surface area contributed by atoms with Crippen LogP contribution in [0.2, 0.25) is 0 Å². The first-order valence-corrected chi connectivity index (χ1v) is 10.4. The van der Waals surface area contributed by atoms with E-state index in [2.05, 4.69) is 11.1 Å². The molecule has 0 aliphatic heterocycles. The molecule has 0 spiro atoms. The number of halogens is 3. The van der Waals surface area contributed by atoms with Crippen LogP contribution in [-0.4, -0.2) is 16.1 Å². The second-order valence-electron chi connectivity index (χ2n) is 7.73. The van der Waals surface area contributed by atoms with Crippen molar-refractivity contribution in [2.75, 3.05) is 6.54 Å². The van der Waals surface area contributed by atoms with Crippen LogP contribution in [0.25, 0.3) is 22.4 Å². The van der Waals surface area contributed by atoms with Gasteiger partial charge in [-0.3, -0.25) is 0 Å². The van der Waals surface area contributed by atoms with Gasteiger partial charge in [0.25, 0.3) is 0 Å². The second-order valence-corrected chi connectivity index (χ2v) is 7.73. The van der Waals surface area contributed by atoms with Crippen molar-refractivity contribution in [3.05, 3.63) is 102 Å². The van der Waals surface area contributed by atoms with Crippen LogP contribution in [0.3, 0.4) is 0 Å². The predicted octanol–water partition coefficient (Wildman–Crippen LogP) is 5.66. The van der Waals surface area contributed by atoms with Crippen molar-refractivity contribution < 1.29 is 13.2 Å². The lowest BCUT2D eigenvalue weighted by atomic mass is 9.96. The number of nitrogens with two attached hydrogens (primary N) is 1. The standard InChI is InChI=1S/C26H21F3N4/c27-26(28,29)23-8-6-21(7-9-23)25-16-33(17-32-25)15-22-13-19(14-31)3-10-24(22)20-4-1-18(2-5-20)11-12-30/h1-10,13,16-17H,11-12,15,30H2. The fourth-order valence-electron chi connectivity index (χ4n) is 3.72. The Morgan fingerprint density at radius 1 is 0.939 bits per heavy atom. The Bertz CT molecular complexity index is 1280. The highest BCUT2D eigenvalue weighted by molar-refractivity contribution is 5.69. The largest absolute Gasteiger partial charge is 0.416 e. The third-order valence-corrected chi connectivity index (χ3v) is 5.43. The molecule has 7 heteroatoms. The van der Waals surface area contributed by atoms with Crippen LogP contribution < -0.4 is 5.73 Å². The molecule has 0 amide bonds. The van der Waals surface area contributed by atoms with E-state index >= 15 is 0 Å². The van der Waals surface area contributed by atoms with Crippen molar-refractivity contribution in [1.82, 2.24) is 9.55 Å².